The first-order chi connectivity index (χ1) is 13.1. The second-order valence-corrected chi connectivity index (χ2v) is 7.58. The van der Waals surface area contributed by atoms with E-state index in [1.165, 1.54) is 11.3 Å². The van der Waals surface area contributed by atoms with Crippen molar-refractivity contribution >= 4 is 36.4 Å². The molecule has 9 heteroatoms. The fourth-order valence-electron chi connectivity index (χ4n) is 4.20. The van der Waals surface area contributed by atoms with Crippen molar-refractivity contribution in [2.24, 2.45) is 0 Å². The van der Waals surface area contributed by atoms with Crippen molar-refractivity contribution in [1.29, 1.82) is 0 Å². The summed E-state index contributed by atoms with van der Waals surface area (Å²) in [5, 5.41) is 14.8. The molecule has 2 aromatic rings. The highest BCUT2D eigenvalue weighted by molar-refractivity contribution is 5.93. The van der Waals surface area contributed by atoms with E-state index in [2.05, 4.69) is 57.0 Å². The minimum Gasteiger partial charge on any atom is -0.366 e. The molecule has 1 saturated heterocycles. The van der Waals surface area contributed by atoms with Crippen LogP contribution >= 0.6 is 24.8 Å². The number of amides is 1. The quantitative estimate of drug-likeness (QED) is 0.746. The third kappa shape index (κ3) is 4.85. The summed E-state index contributed by atoms with van der Waals surface area (Å²) >= 11 is 0. The molecule has 160 valence electrons. The number of carbonyl (C=O) groups is 1. The number of rotatable bonds is 5. The molecule has 4 rings (SSSR count). The maximum absolute atomic E-state index is 12.7. The van der Waals surface area contributed by atoms with E-state index in [0.717, 1.165) is 44.6 Å². The van der Waals surface area contributed by atoms with E-state index in [-0.39, 0.29) is 36.8 Å². The van der Waals surface area contributed by atoms with Crippen molar-refractivity contribution in [1.82, 2.24) is 25.6 Å². The number of halogens is 2. The number of nitrogens with one attached hydrogen (secondary N) is 2. The zero-order valence-electron chi connectivity index (χ0n) is 16.9. The molecule has 0 radical (unpaired) electrons. The van der Waals surface area contributed by atoms with Crippen LogP contribution in [0.5, 0.6) is 0 Å². The fraction of sp³-hybridized carbons (Fsp3) is 0.550. The molecule has 2 aliphatic heterocycles. The van der Waals surface area contributed by atoms with Gasteiger partial charge in [-0.25, -0.2) is 4.68 Å². The maximum atomic E-state index is 12.7. The fourth-order valence-corrected chi connectivity index (χ4v) is 4.20. The third-order valence-corrected chi connectivity index (χ3v) is 5.81. The smallest absolute Gasteiger partial charge is 0.273 e. The van der Waals surface area contributed by atoms with E-state index in [1.54, 1.807) is 0 Å². The Bertz CT molecular complexity index is 821. The zero-order chi connectivity index (χ0) is 18.8. The number of carbonyl (C=O) groups excluding carboxylic acids is 1. The molecule has 1 aromatic carbocycles. The number of anilines is 1. The third-order valence-electron chi connectivity index (χ3n) is 5.81. The van der Waals surface area contributed by atoms with Gasteiger partial charge in [-0.1, -0.05) is 23.4 Å². The number of fused-ring (bicyclic) bond motifs is 1. The molecular weight excluding hydrogens is 411 g/mol. The largest absolute Gasteiger partial charge is 0.366 e. The zero-order valence-corrected chi connectivity index (χ0v) is 18.6. The van der Waals surface area contributed by atoms with Crippen LogP contribution in [0.3, 0.4) is 0 Å². The van der Waals surface area contributed by atoms with Crippen LogP contribution in [0.15, 0.2) is 24.3 Å². The Kier molecular flexibility index (Phi) is 8.31. The molecule has 29 heavy (non-hydrogen) atoms. The summed E-state index contributed by atoms with van der Waals surface area (Å²) in [7, 11) is 0. The highest BCUT2D eigenvalue weighted by atomic mass is 35.5. The summed E-state index contributed by atoms with van der Waals surface area (Å²) in [5.41, 5.74) is 3.98. The highest BCUT2D eigenvalue weighted by Crippen LogP contribution is 2.29. The number of para-hydroxylation sites is 1. The summed E-state index contributed by atoms with van der Waals surface area (Å²) in [6.45, 7) is 7.66. The van der Waals surface area contributed by atoms with Crippen LogP contribution in [0.4, 0.5) is 5.69 Å². The second kappa shape index (κ2) is 10.3. The van der Waals surface area contributed by atoms with Crippen molar-refractivity contribution < 1.29 is 4.79 Å². The molecule has 0 aliphatic carbocycles. The van der Waals surface area contributed by atoms with Crippen LogP contribution in [0.2, 0.25) is 0 Å². The van der Waals surface area contributed by atoms with Gasteiger partial charge in [-0.05, 0) is 57.8 Å². The first-order valence-electron chi connectivity index (χ1n) is 9.90. The number of piperidine rings is 1. The maximum Gasteiger partial charge on any atom is 0.273 e. The second-order valence-electron chi connectivity index (χ2n) is 7.58. The van der Waals surface area contributed by atoms with E-state index < -0.39 is 0 Å². The van der Waals surface area contributed by atoms with Gasteiger partial charge in [0.05, 0.1) is 11.7 Å². The molecule has 7 nitrogen and oxygen atoms in total. The number of hydrogen-bond donors (Lipinski definition) is 2. The van der Waals surface area contributed by atoms with Crippen molar-refractivity contribution in [2.75, 3.05) is 31.1 Å². The lowest BCUT2D eigenvalue weighted by atomic mass is 10.1. The Balaban J connectivity index is 0.00000150. The average molecular weight is 441 g/mol. The van der Waals surface area contributed by atoms with Gasteiger partial charge in [0.1, 0.15) is 0 Å². The molecule has 1 amide bonds. The molecule has 2 aliphatic rings. The number of hydrogen-bond acceptors (Lipinski definition) is 5. The highest BCUT2D eigenvalue weighted by Gasteiger charge is 2.25. The van der Waals surface area contributed by atoms with E-state index in [4.69, 9.17) is 0 Å². The van der Waals surface area contributed by atoms with Crippen LogP contribution in [-0.4, -0.2) is 53.1 Å². The molecular formula is C20H30Cl2N6O. The van der Waals surface area contributed by atoms with Crippen LogP contribution in [0.25, 0.3) is 0 Å². The molecule has 0 bridgehead atoms. The summed E-state index contributed by atoms with van der Waals surface area (Å²) in [4.78, 5) is 15.0. The van der Waals surface area contributed by atoms with Gasteiger partial charge in [0, 0.05) is 24.8 Å². The lowest BCUT2D eigenvalue weighted by Crippen LogP contribution is -2.41. The molecule has 2 N–H and O–H groups in total. The summed E-state index contributed by atoms with van der Waals surface area (Å²) in [6.07, 6.45) is 3.12. The normalized spacial score (nSPS) is 17.1. The minimum absolute atomic E-state index is 0. The number of benzene rings is 1. The van der Waals surface area contributed by atoms with E-state index in [0.29, 0.717) is 18.3 Å². The Labute approximate surface area is 184 Å². The molecule has 3 heterocycles. The van der Waals surface area contributed by atoms with Gasteiger partial charge in [0.15, 0.2) is 5.69 Å². The lowest BCUT2D eigenvalue weighted by molar-refractivity contribution is 0.0945. The summed E-state index contributed by atoms with van der Waals surface area (Å²) in [5.74, 6) is -0.132. The molecule has 1 aromatic heterocycles. The van der Waals surface area contributed by atoms with Crippen molar-refractivity contribution in [3.8, 4) is 0 Å². The van der Waals surface area contributed by atoms with Crippen LogP contribution < -0.4 is 15.5 Å². The molecule has 1 atom stereocenters. The molecule has 1 fully saturated rings. The first kappa shape index (κ1) is 23.4. The van der Waals surface area contributed by atoms with Gasteiger partial charge in [-0.3, -0.25) is 4.79 Å². The van der Waals surface area contributed by atoms with Crippen LogP contribution in [0.1, 0.15) is 47.6 Å². The van der Waals surface area contributed by atoms with Gasteiger partial charge in [-0.15, -0.1) is 29.9 Å². The SMILES string of the molecule is Cc1c(C(=O)NCC(C)N2CCc3ccccc32)nnn1C1CCNCC1.Cl.Cl. The van der Waals surface area contributed by atoms with Gasteiger partial charge in [0.25, 0.3) is 5.91 Å². The standard InChI is InChI=1S/C20H28N6O.2ClH/c1-14(25-12-9-16-5-3-4-6-18(16)25)13-22-20(27)19-15(2)26(24-23-19)17-7-10-21-11-8-17;;/h3-6,14,17,21H,7-13H2,1-2H3,(H,22,27);2*1H. The molecule has 1 unspecified atom stereocenters. The van der Waals surface area contributed by atoms with Crippen LogP contribution in [0, 0.1) is 6.92 Å². The van der Waals surface area contributed by atoms with Crippen LogP contribution in [-0.2, 0) is 6.42 Å². The monoisotopic (exact) mass is 440 g/mol. The number of nitrogens with zero attached hydrogens (tertiary/aromatic N) is 4. The van der Waals surface area contributed by atoms with Crippen molar-refractivity contribution in [3.05, 3.63) is 41.2 Å². The molecule has 0 saturated carbocycles. The van der Waals surface area contributed by atoms with Gasteiger partial charge in [0.2, 0.25) is 0 Å². The van der Waals surface area contributed by atoms with Gasteiger partial charge in [-0.2, -0.15) is 0 Å². The molecule has 0 spiro atoms. The Hall–Kier alpha value is -1.83. The Morgan fingerprint density at radius 3 is 2.76 bits per heavy atom. The predicted octanol–water partition coefficient (Wildman–Crippen LogP) is 2.54. The lowest BCUT2D eigenvalue weighted by Gasteiger charge is -2.27. The topological polar surface area (TPSA) is 75.1 Å². The predicted molar refractivity (Wildman–Crippen MR) is 120 cm³/mol. The van der Waals surface area contributed by atoms with Gasteiger partial charge >= 0.3 is 0 Å². The minimum atomic E-state index is -0.132. The Morgan fingerprint density at radius 2 is 2.00 bits per heavy atom. The Morgan fingerprint density at radius 1 is 1.28 bits per heavy atom. The average Bonchev–Trinajstić information content (AvgIpc) is 3.30. The summed E-state index contributed by atoms with van der Waals surface area (Å²) in [6, 6.07) is 9.07. The van der Waals surface area contributed by atoms with E-state index >= 15 is 0 Å². The number of aromatic nitrogens is 3. The van der Waals surface area contributed by atoms with Crippen molar-refractivity contribution in [3.63, 3.8) is 0 Å². The van der Waals surface area contributed by atoms with Gasteiger partial charge < -0.3 is 15.5 Å². The summed E-state index contributed by atoms with van der Waals surface area (Å²) < 4.78 is 1.93. The van der Waals surface area contributed by atoms with E-state index in [9.17, 15) is 4.79 Å². The van der Waals surface area contributed by atoms with Crippen molar-refractivity contribution in [2.45, 2.75) is 45.2 Å². The van der Waals surface area contributed by atoms with E-state index in [1.807, 2.05) is 11.6 Å². The first-order valence-corrected chi connectivity index (χ1v) is 9.90.